The van der Waals surface area contributed by atoms with Gasteiger partial charge >= 0.3 is 0 Å². The van der Waals surface area contributed by atoms with Crippen molar-refractivity contribution in [2.75, 3.05) is 26.8 Å². The fraction of sp³-hybridized carbons (Fsp3) is 1.00. The van der Waals surface area contributed by atoms with E-state index in [0.717, 1.165) is 19.5 Å². The van der Waals surface area contributed by atoms with Crippen molar-refractivity contribution in [3.8, 4) is 0 Å². The van der Waals surface area contributed by atoms with E-state index >= 15 is 0 Å². The molecule has 2 heteroatoms. The smallest absolute Gasteiger partial charge is 0.0926 e. The molecule has 0 spiro atoms. The average molecular weight is 145 g/mol. The quantitative estimate of drug-likeness (QED) is 0.541. The minimum Gasteiger partial charge on any atom is -0.306 e. The van der Waals surface area contributed by atoms with Crippen LogP contribution in [-0.2, 0) is 0 Å². The Balaban J connectivity index is 2.36. The van der Waals surface area contributed by atoms with Crippen LogP contribution in [0.5, 0.6) is 0 Å². The normalized spacial score (nSPS) is 36.3. The number of hydrogen-bond acceptors (Lipinski definition) is 1. The summed E-state index contributed by atoms with van der Waals surface area (Å²) in [6.45, 7) is 4.14. The second-order valence-corrected chi connectivity index (χ2v) is 3.44. The lowest BCUT2D eigenvalue weighted by Gasteiger charge is -2.33. The van der Waals surface area contributed by atoms with E-state index in [2.05, 4.69) is 18.9 Å². The average Bonchev–Trinajstić information content (AvgIpc) is 1.88. The number of hydrogen-bond donors (Lipinski definition) is 0. The standard InChI is InChI=1S/C8H16FN/c1-7-6-10(2)4-3-8(7)5-9/h7-8H,3-6H2,1-2H3/t7-,8-/m1/s1. The largest absolute Gasteiger partial charge is 0.306 e. The van der Waals surface area contributed by atoms with Crippen LogP contribution in [0, 0.1) is 11.8 Å². The Morgan fingerprint density at radius 3 is 2.80 bits per heavy atom. The van der Waals surface area contributed by atoms with Crippen molar-refractivity contribution < 1.29 is 4.39 Å². The molecule has 0 unspecified atom stereocenters. The molecule has 1 aliphatic heterocycles. The highest BCUT2D eigenvalue weighted by Gasteiger charge is 2.23. The maximum absolute atomic E-state index is 12.2. The third-order valence-electron chi connectivity index (χ3n) is 2.48. The zero-order valence-electron chi connectivity index (χ0n) is 6.81. The first-order valence-electron chi connectivity index (χ1n) is 3.98. The highest BCUT2D eigenvalue weighted by Crippen LogP contribution is 2.22. The maximum atomic E-state index is 12.2. The molecule has 0 aromatic carbocycles. The van der Waals surface area contributed by atoms with Crippen molar-refractivity contribution >= 4 is 0 Å². The molecule has 0 N–H and O–H groups in total. The van der Waals surface area contributed by atoms with Crippen LogP contribution < -0.4 is 0 Å². The van der Waals surface area contributed by atoms with Gasteiger partial charge in [0.2, 0.25) is 0 Å². The Labute approximate surface area is 62.2 Å². The van der Waals surface area contributed by atoms with E-state index in [1.807, 2.05) is 0 Å². The minimum atomic E-state index is -0.130. The molecule has 1 rings (SSSR count). The molecule has 1 nitrogen and oxygen atoms in total. The number of alkyl halides is 1. The van der Waals surface area contributed by atoms with E-state index in [1.54, 1.807) is 0 Å². The van der Waals surface area contributed by atoms with Crippen molar-refractivity contribution in [2.45, 2.75) is 13.3 Å². The van der Waals surface area contributed by atoms with Crippen molar-refractivity contribution in [1.82, 2.24) is 4.90 Å². The van der Waals surface area contributed by atoms with Gasteiger partial charge in [0.25, 0.3) is 0 Å². The molecular formula is C8H16FN. The molecule has 0 radical (unpaired) electrons. The molecule has 0 saturated carbocycles. The Morgan fingerprint density at radius 1 is 1.60 bits per heavy atom. The maximum Gasteiger partial charge on any atom is 0.0926 e. The van der Waals surface area contributed by atoms with Gasteiger partial charge in [0.05, 0.1) is 6.67 Å². The zero-order valence-corrected chi connectivity index (χ0v) is 6.81. The van der Waals surface area contributed by atoms with Gasteiger partial charge in [-0.25, -0.2) is 0 Å². The van der Waals surface area contributed by atoms with Gasteiger partial charge in [0.15, 0.2) is 0 Å². The third-order valence-corrected chi connectivity index (χ3v) is 2.48. The van der Waals surface area contributed by atoms with Crippen LogP contribution in [0.2, 0.25) is 0 Å². The number of piperidine rings is 1. The molecule has 1 fully saturated rings. The van der Waals surface area contributed by atoms with Gasteiger partial charge in [0.1, 0.15) is 0 Å². The molecule has 0 aliphatic carbocycles. The second kappa shape index (κ2) is 3.33. The summed E-state index contributed by atoms with van der Waals surface area (Å²) in [5.74, 6) is 0.875. The van der Waals surface area contributed by atoms with Crippen LogP contribution in [0.15, 0.2) is 0 Å². The van der Waals surface area contributed by atoms with E-state index < -0.39 is 0 Å². The van der Waals surface area contributed by atoms with Gasteiger partial charge in [-0.15, -0.1) is 0 Å². The number of likely N-dealkylation sites (tertiary alicyclic amines) is 1. The van der Waals surface area contributed by atoms with Crippen molar-refractivity contribution in [3.05, 3.63) is 0 Å². The lowest BCUT2D eigenvalue weighted by Crippen LogP contribution is -2.37. The molecule has 10 heavy (non-hydrogen) atoms. The Kier molecular flexibility index (Phi) is 2.66. The first-order valence-corrected chi connectivity index (χ1v) is 3.98. The van der Waals surface area contributed by atoms with Crippen LogP contribution in [0.25, 0.3) is 0 Å². The third kappa shape index (κ3) is 1.69. The summed E-state index contributed by atoms with van der Waals surface area (Å²) in [5, 5.41) is 0. The lowest BCUT2D eigenvalue weighted by atomic mass is 9.88. The molecule has 1 heterocycles. The van der Waals surface area contributed by atoms with Crippen LogP contribution in [-0.4, -0.2) is 31.7 Å². The fourth-order valence-electron chi connectivity index (χ4n) is 1.63. The first kappa shape index (κ1) is 7.99. The predicted octanol–water partition coefficient (Wildman–Crippen LogP) is 1.54. The molecule has 0 bridgehead atoms. The molecule has 0 amide bonds. The number of nitrogens with zero attached hydrogens (tertiary/aromatic N) is 1. The monoisotopic (exact) mass is 145 g/mol. The van der Waals surface area contributed by atoms with Crippen LogP contribution >= 0.6 is 0 Å². The Morgan fingerprint density at radius 2 is 2.30 bits per heavy atom. The van der Waals surface area contributed by atoms with Crippen molar-refractivity contribution in [1.29, 1.82) is 0 Å². The number of rotatable bonds is 1. The van der Waals surface area contributed by atoms with E-state index in [4.69, 9.17) is 0 Å². The number of halogens is 1. The van der Waals surface area contributed by atoms with Gasteiger partial charge in [0, 0.05) is 6.54 Å². The predicted molar refractivity (Wildman–Crippen MR) is 40.7 cm³/mol. The summed E-state index contributed by atoms with van der Waals surface area (Å²) >= 11 is 0. The lowest BCUT2D eigenvalue weighted by molar-refractivity contribution is 0.133. The molecular weight excluding hydrogens is 129 g/mol. The van der Waals surface area contributed by atoms with E-state index in [0.29, 0.717) is 11.8 Å². The van der Waals surface area contributed by atoms with Gasteiger partial charge < -0.3 is 4.90 Å². The van der Waals surface area contributed by atoms with Crippen LogP contribution in [0.4, 0.5) is 4.39 Å². The summed E-state index contributed by atoms with van der Waals surface area (Å²) in [5.41, 5.74) is 0. The van der Waals surface area contributed by atoms with Gasteiger partial charge in [-0.2, -0.15) is 0 Å². The minimum absolute atomic E-state index is 0.130. The highest BCUT2D eigenvalue weighted by molar-refractivity contribution is 4.75. The molecule has 1 aliphatic rings. The van der Waals surface area contributed by atoms with Crippen molar-refractivity contribution in [2.24, 2.45) is 11.8 Å². The molecule has 1 saturated heterocycles. The molecule has 0 aromatic heterocycles. The summed E-state index contributed by atoms with van der Waals surface area (Å²) in [7, 11) is 2.10. The van der Waals surface area contributed by atoms with E-state index in [-0.39, 0.29) is 6.67 Å². The van der Waals surface area contributed by atoms with Crippen molar-refractivity contribution in [3.63, 3.8) is 0 Å². The topological polar surface area (TPSA) is 3.24 Å². The summed E-state index contributed by atoms with van der Waals surface area (Å²) in [4.78, 5) is 2.27. The zero-order chi connectivity index (χ0) is 7.56. The fourth-order valence-corrected chi connectivity index (χ4v) is 1.63. The highest BCUT2D eigenvalue weighted by atomic mass is 19.1. The molecule has 2 atom stereocenters. The molecule has 60 valence electrons. The van der Waals surface area contributed by atoms with E-state index in [9.17, 15) is 4.39 Å². The molecule has 0 aromatic rings. The van der Waals surface area contributed by atoms with E-state index in [1.165, 1.54) is 0 Å². The van der Waals surface area contributed by atoms with Crippen LogP contribution in [0.3, 0.4) is 0 Å². The van der Waals surface area contributed by atoms with Gasteiger partial charge in [-0.3, -0.25) is 4.39 Å². The first-order chi connectivity index (χ1) is 4.74. The van der Waals surface area contributed by atoms with Crippen LogP contribution in [0.1, 0.15) is 13.3 Å². The van der Waals surface area contributed by atoms with Gasteiger partial charge in [-0.05, 0) is 31.8 Å². The summed E-state index contributed by atoms with van der Waals surface area (Å²) < 4.78 is 12.2. The summed E-state index contributed by atoms with van der Waals surface area (Å²) in [6.07, 6.45) is 1.04. The SMILES string of the molecule is C[C@@H]1CN(C)CC[C@@H]1CF. The second-order valence-electron chi connectivity index (χ2n) is 3.44. The Hall–Kier alpha value is -0.110. The van der Waals surface area contributed by atoms with Gasteiger partial charge in [-0.1, -0.05) is 6.92 Å². The Bertz CT molecular complexity index is 105. The summed E-state index contributed by atoms with van der Waals surface area (Å²) in [6, 6.07) is 0.